The second kappa shape index (κ2) is 10.4. The quantitative estimate of drug-likeness (QED) is 0.472. The fourth-order valence-corrected chi connectivity index (χ4v) is 3.49. The summed E-state index contributed by atoms with van der Waals surface area (Å²) in [4.78, 5) is 34.5. The lowest BCUT2D eigenvalue weighted by Gasteiger charge is -2.34. The number of anilines is 1. The van der Waals surface area contributed by atoms with Crippen LogP contribution in [0, 0.1) is 0 Å². The Morgan fingerprint density at radius 2 is 1.59 bits per heavy atom. The predicted molar refractivity (Wildman–Crippen MR) is 108 cm³/mol. The van der Waals surface area contributed by atoms with Gasteiger partial charge in [0.2, 0.25) is 11.9 Å². The Hall–Kier alpha value is -3.19. The minimum absolute atomic E-state index is 0.0745. The van der Waals surface area contributed by atoms with Crippen LogP contribution >= 0.6 is 0 Å². The van der Waals surface area contributed by atoms with Gasteiger partial charge in [-0.05, 0) is 25.3 Å². The topological polar surface area (TPSA) is 95.1 Å². The summed E-state index contributed by atoms with van der Waals surface area (Å²) in [7, 11) is 0. The molecule has 0 bridgehead atoms. The van der Waals surface area contributed by atoms with Crippen molar-refractivity contribution in [3.8, 4) is 0 Å². The number of hydrogen-bond donors (Lipinski definition) is 1. The van der Waals surface area contributed by atoms with E-state index < -0.39 is 29.0 Å². The lowest BCUT2D eigenvalue weighted by atomic mass is 10.1. The number of nitrogens with zero attached hydrogens (tertiary/aromatic N) is 5. The lowest BCUT2D eigenvalue weighted by Crippen LogP contribution is -2.49. The summed E-state index contributed by atoms with van der Waals surface area (Å²) in [5.74, 6) is 0.0964. The third kappa shape index (κ3) is 6.67. The van der Waals surface area contributed by atoms with Gasteiger partial charge in [0.05, 0.1) is 11.3 Å². The molecule has 0 saturated carbocycles. The van der Waals surface area contributed by atoms with Crippen LogP contribution in [0.3, 0.4) is 0 Å². The number of halogens is 6. The highest BCUT2D eigenvalue weighted by Gasteiger charge is 2.34. The lowest BCUT2D eigenvalue weighted by molar-refractivity contribution is -0.139. The van der Waals surface area contributed by atoms with Gasteiger partial charge >= 0.3 is 12.4 Å². The average Bonchev–Trinajstić information content (AvgIpc) is 2.78. The Kier molecular flexibility index (Phi) is 7.77. The summed E-state index contributed by atoms with van der Waals surface area (Å²) in [5.41, 5.74) is -3.37. The maximum absolute atomic E-state index is 12.8. The Morgan fingerprint density at radius 3 is 2.18 bits per heavy atom. The molecule has 0 spiro atoms. The van der Waals surface area contributed by atoms with Crippen molar-refractivity contribution in [1.29, 1.82) is 0 Å². The van der Waals surface area contributed by atoms with Gasteiger partial charge in [-0.3, -0.25) is 9.59 Å². The van der Waals surface area contributed by atoms with E-state index in [1.165, 1.54) is 0 Å². The van der Waals surface area contributed by atoms with Crippen molar-refractivity contribution in [3.63, 3.8) is 0 Å². The zero-order valence-electron chi connectivity index (χ0n) is 17.9. The number of hydrogen-bond acceptors (Lipinski definition) is 6. The van der Waals surface area contributed by atoms with Crippen LogP contribution in [0.2, 0.25) is 0 Å². The zero-order valence-corrected chi connectivity index (χ0v) is 17.9. The highest BCUT2D eigenvalue weighted by molar-refractivity contribution is 5.76. The van der Waals surface area contributed by atoms with Crippen LogP contribution < -0.4 is 10.5 Å². The maximum atomic E-state index is 12.8. The molecule has 34 heavy (non-hydrogen) atoms. The summed E-state index contributed by atoms with van der Waals surface area (Å²) in [5, 5.41) is 5.48. The zero-order chi connectivity index (χ0) is 24.9. The normalized spacial score (nSPS) is 15.0. The molecule has 1 fully saturated rings. The fraction of sp³-hybridized carbons (Fsp3) is 0.550. The Labute approximate surface area is 190 Å². The second-order valence-corrected chi connectivity index (χ2v) is 7.80. The number of rotatable bonds is 7. The number of amides is 1. The van der Waals surface area contributed by atoms with Crippen molar-refractivity contribution >= 4 is 11.9 Å². The van der Waals surface area contributed by atoms with E-state index in [9.17, 15) is 35.9 Å². The van der Waals surface area contributed by atoms with E-state index in [-0.39, 0.29) is 30.4 Å². The van der Waals surface area contributed by atoms with Gasteiger partial charge in [0, 0.05) is 45.0 Å². The van der Waals surface area contributed by atoms with Crippen molar-refractivity contribution in [1.82, 2.24) is 25.1 Å². The largest absolute Gasteiger partial charge is 0.421 e. The number of aromatic nitrogens is 4. The van der Waals surface area contributed by atoms with Crippen LogP contribution in [0.15, 0.2) is 23.3 Å². The van der Waals surface area contributed by atoms with Crippen molar-refractivity contribution in [3.05, 3.63) is 45.6 Å². The maximum Gasteiger partial charge on any atom is 0.421 e. The number of aryl methyl sites for hydroxylation is 1. The Bertz CT molecular complexity index is 1030. The van der Waals surface area contributed by atoms with Crippen LogP contribution in [-0.2, 0) is 23.6 Å². The summed E-state index contributed by atoms with van der Waals surface area (Å²) < 4.78 is 76.2. The molecule has 0 radical (unpaired) electrons. The highest BCUT2D eigenvalue weighted by atomic mass is 19.4. The second-order valence-electron chi connectivity index (χ2n) is 7.80. The molecular formula is C20H22F6N6O2. The molecule has 14 heteroatoms. The molecule has 1 aliphatic heterocycles. The van der Waals surface area contributed by atoms with Crippen molar-refractivity contribution < 1.29 is 31.1 Å². The predicted octanol–water partition coefficient (Wildman–Crippen LogP) is 3.05. The molecule has 3 heterocycles. The molecule has 1 aliphatic rings. The van der Waals surface area contributed by atoms with Crippen molar-refractivity contribution in [2.45, 2.75) is 44.5 Å². The first-order valence-corrected chi connectivity index (χ1v) is 10.5. The molecule has 1 amide bonds. The fourth-order valence-electron chi connectivity index (χ4n) is 3.49. The minimum atomic E-state index is -4.75. The first-order chi connectivity index (χ1) is 15.9. The van der Waals surface area contributed by atoms with Gasteiger partial charge in [-0.1, -0.05) is 6.42 Å². The summed E-state index contributed by atoms with van der Waals surface area (Å²) >= 11 is 0. The van der Waals surface area contributed by atoms with Crippen molar-refractivity contribution in [2.75, 3.05) is 31.1 Å². The molecule has 1 N–H and O–H groups in total. The van der Waals surface area contributed by atoms with Gasteiger partial charge in [0.25, 0.3) is 5.56 Å². The number of H-pyrrole nitrogens is 1. The summed E-state index contributed by atoms with van der Waals surface area (Å²) in [6.07, 6.45) is -5.67. The van der Waals surface area contributed by atoms with Crippen LogP contribution in [0.4, 0.5) is 32.3 Å². The summed E-state index contributed by atoms with van der Waals surface area (Å²) in [6, 6.07) is 0.740. The number of carbonyl (C=O) groups excluding carboxylic acids is 1. The van der Waals surface area contributed by atoms with E-state index in [0.717, 1.165) is 18.5 Å². The van der Waals surface area contributed by atoms with E-state index in [1.807, 2.05) is 5.10 Å². The number of aromatic amines is 1. The van der Waals surface area contributed by atoms with Gasteiger partial charge in [0.15, 0.2) is 0 Å². The van der Waals surface area contributed by atoms with E-state index in [4.69, 9.17) is 0 Å². The van der Waals surface area contributed by atoms with Gasteiger partial charge in [-0.15, -0.1) is 0 Å². The van der Waals surface area contributed by atoms with Crippen LogP contribution in [-0.4, -0.2) is 57.2 Å². The van der Waals surface area contributed by atoms with Crippen molar-refractivity contribution in [2.24, 2.45) is 0 Å². The Balaban J connectivity index is 1.38. The number of carbonyl (C=O) groups is 1. The number of unbranched alkanes of at least 4 members (excludes halogenated alkanes) is 2. The molecule has 2 aromatic rings. The van der Waals surface area contributed by atoms with Gasteiger partial charge in [-0.2, -0.15) is 31.4 Å². The first kappa shape index (κ1) is 25.4. The first-order valence-electron chi connectivity index (χ1n) is 10.5. The highest BCUT2D eigenvalue weighted by Crippen LogP contribution is 2.28. The van der Waals surface area contributed by atoms with Gasteiger partial charge in [0.1, 0.15) is 5.56 Å². The van der Waals surface area contributed by atoms with Gasteiger partial charge < -0.3 is 9.80 Å². The standard InChI is InChI=1S/C20H22F6N6O2/c21-19(22,23)13-11-27-18(28-12-13)32-8-6-31(7-9-32)16(33)5-3-1-2-4-14-10-15(20(24,25)26)17(34)30-29-14/h10-12H,1-9H2,(H,30,34). The van der Waals surface area contributed by atoms with E-state index in [0.29, 0.717) is 45.4 Å². The molecular weight excluding hydrogens is 470 g/mol. The molecule has 3 rings (SSSR count). The summed E-state index contributed by atoms with van der Waals surface area (Å²) in [6.45, 7) is 1.53. The monoisotopic (exact) mass is 492 g/mol. The molecule has 8 nitrogen and oxygen atoms in total. The third-order valence-electron chi connectivity index (χ3n) is 5.37. The number of piperazine rings is 1. The van der Waals surface area contributed by atoms with Crippen LogP contribution in [0.25, 0.3) is 0 Å². The van der Waals surface area contributed by atoms with E-state index >= 15 is 0 Å². The van der Waals surface area contributed by atoms with E-state index in [2.05, 4.69) is 15.1 Å². The SMILES string of the molecule is O=C(CCCCCc1cc(C(F)(F)F)c(=O)[nH]n1)N1CCN(c2ncc(C(F)(F)F)cn2)CC1. The van der Waals surface area contributed by atoms with Crippen LogP contribution in [0.5, 0.6) is 0 Å². The molecule has 0 aliphatic carbocycles. The van der Waals surface area contributed by atoms with Crippen LogP contribution in [0.1, 0.15) is 42.5 Å². The smallest absolute Gasteiger partial charge is 0.339 e. The Morgan fingerprint density at radius 1 is 0.941 bits per heavy atom. The molecule has 0 atom stereocenters. The molecule has 2 aromatic heterocycles. The van der Waals surface area contributed by atoms with E-state index in [1.54, 1.807) is 9.80 Å². The van der Waals surface area contributed by atoms with Gasteiger partial charge in [-0.25, -0.2) is 15.1 Å². The average molecular weight is 492 g/mol. The number of nitrogens with one attached hydrogen (secondary N) is 1. The number of alkyl halides is 6. The molecule has 1 saturated heterocycles. The third-order valence-corrected chi connectivity index (χ3v) is 5.37. The molecule has 186 valence electrons. The minimum Gasteiger partial charge on any atom is -0.339 e. The molecule has 0 aromatic carbocycles. The molecule has 0 unspecified atom stereocenters.